The molecule has 52 valence electrons. The molecule has 0 amide bonds. The molecule has 3 heteroatoms. The van der Waals surface area contributed by atoms with Crippen LogP contribution in [0.15, 0.2) is 11.6 Å². The minimum Gasteiger partial charge on any atom is -0.373 e. The second-order valence-corrected chi connectivity index (χ2v) is 2.52. The van der Waals surface area contributed by atoms with E-state index in [-0.39, 0.29) is 0 Å². The van der Waals surface area contributed by atoms with Crippen LogP contribution in [-0.2, 0) is 9.47 Å². The monoisotopic (exact) mass is 148 g/mol. The molecule has 9 heavy (non-hydrogen) atoms. The number of halogens is 1. The lowest BCUT2D eigenvalue weighted by Crippen LogP contribution is -2.01. The van der Waals surface area contributed by atoms with Gasteiger partial charge in [-0.05, 0) is 0 Å². The van der Waals surface area contributed by atoms with E-state index < -0.39 is 0 Å². The summed E-state index contributed by atoms with van der Waals surface area (Å²) in [5.74, 6) is 0. The summed E-state index contributed by atoms with van der Waals surface area (Å²) in [6.45, 7) is 5.38. The van der Waals surface area contributed by atoms with E-state index in [1.807, 2.05) is 0 Å². The SMILES string of the molecule is C=C(Cl)COC[C@H]1CO1. The summed E-state index contributed by atoms with van der Waals surface area (Å²) in [7, 11) is 0. The summed E-state index contributed by atoms with van der Waals surface area (Å²) in [5.41, 5.74) is 0. The minimum atomic E-state index is 0.320. The molecule has 0 aliphatic carbocycles. The smallest absolute Gasteiger partial charge is 0.104 e. The van der Waals surface area contributed by atoms with E-state index in [4.69, 9.17) is 21.1 Å². The molecule has 0 aromatic carbocycles. The quantitative estimate of drug-likeness (QED) is 0.558. The van der Waals surface area contributed by atoms with Crippen molar-refractivity contribution < 1.29 is 9.47 Å². The molecule has 1 heterocycles. The van der Waals surface area contributed by atoms with Crippen molar-refractivity contribution in [1.29, 1.82) is 0 Å². The summed E-state index contributed by atoms with van der Waals surface area (Å²) in [6, 6.07) is 0. The Kier molecular flexibility index (Phi) is 2.51. The first kappa shape index (κ1) is 7.06. The zero-order valence-electron chi connectivity index (χ0n) is 5.10. The number of rotatable bonds is 4. The van der Waals surface area contributed by atoms with Crippen molar-refractivity contribution in [3.05, 3.63) is 11.6 Å². The molecule has 1 aliphatic rings. The number of ether oxygens (including phenoxy) is 2. The number of epoxide rings is 1. The maximum Gasteiger partial charge on any atom is 0.104 e. The van der Waals surface area contributed by atoms with E-state index in [1.165, 1.54) is 0 Å². The molecular weight excluding hydrogens is 140 g/mol. The molecule has 0 N–H and O–H groups in total. The maximum atomic E-state index is 5.42. The average Bonchev–Trinajstić information content (AvgIpc) is 2.48. The average molecular weight is 149 g/mol. The van der Waals surface area contributed by atoms with Crippen molar-refractivity contribution in [3.8, 4) is 0 Å². The third-order valence-corrected chi connectivity index (χ3v) is 1.07. The molecule has 1 fully saturated rings. The lowest BCUT2D eigenvalue weighted by atomic mass is 10.5. The van der Waals surface area contributed by atoms with Crippen molar-refractivity contribution >= 4 is 11.6 Å². The van der Waals surface area contributed by atoms with Crippen LogP contribution >= 0.6 is 11.6 Å². The van der Waals surface area contributed by atoms with Crippen LogP contribution in [0.3, 0.4) is 0 Å². The van der Waals surface area contributed by atoms with E-state index in [9.17, 15) is 0 Å². The molecule has 1 saturated heterocycles. The summed E-state index contributed by atoms with van der Waals surface area (Å²) in [5, 5.41) is 0.538. The Morgan fingerprint density at radius 3 is 3.00 bits per heavy atom. The maximum absolute atomic E-state index is 5.42. The van der Waals surface area contributed by atoms with E-state index in [0.29, 0.717) is 24.4 Å². The van der Waals surface area contributed by atoms with Crippen molar-refractivity contribution in [2.75, 3.05) is 19.8 Å². The zero-order valence-corrected chi connectivity index (χ0v) is 5.86. The predicted octanol–water partition coefficient (Wildman–Crippen LogP) is 1.15. The van der Waals surface area contributed by atoms with Gasteiger partial charge in [-0.2, -0.15) is 0 Å². The van der Waals surface area contributed by atoms with Crippen LogP contribution in [0, 0.1) is 0 Å². The van der Waals surface area contributed by atoms with Crippen LogP contribution in [0.4, 0.5) is 0 Å². The van der Waals surface area contributed by atoms with Gasteiger partial charge in [-0.15, -0.1) is 0 Å². The molecule has 2 nitrogen and oxygen atoms in total. The molecule has 0 saturated carbocycles. The van der Waals surface area contributed by atoms with E-state index in [0.717, 1.165) is 6.61 Å². The largest absolute Gasteiger partial charge is 0.373 e. The van der Waals surface area contributed by atoms with Gasteiger partial charge in [0, 0.05) is 5.03 Å². The van der Waals surface area contributed by atoms with Gasteiger partial charge in [-0.3, -0.25) is 0 Å². The van der Waals surface area contributed by atoms with E-state index in [2.05, 4.69) is 6.58 Å². The van der Waals surface area contributed by atoms with Gasteiger partial charge in [-0.1, -0.05) is 18.2 Å². The first-order chi connectivity index (χ1) is 4.29. The number of hydrogen-bond donors (Lipinski definition) is 0. The summed E-state index contributed by atoms with van der Waals surface area (Å²) in [6.07, 6.45) is 0.320. The first-order valence-corrected chi connectivity index (χ1v) is 3.19. The highest BCUT2D eigenvalue weighted by atomic mass is 35.5. The van der Waals surface area contributed by atoms with Crippen LogP contribution in [-0.4, -0.2) is 25.9 Å². The summed E-state index contributed by atoms with van der Waals surface area (Å²) < 4.78 is 9.96. The summed E-state index contributed by atoms with van der Waals surface area (Å²) in [4.78, 5) is 0. The van der Waals surface area contributed by atoms with Gasteiger partial charge in [-0.25, -0.2) is 0 Å². The highest BCUT2D eigenvalue weighted by molar-refractivity contribution is 6.29. The highest BCUT2D eigenvalue weighted by Crippen LogP contribution is 2.09. The zero-order chi connectivity index (χ0) is 6.69. The fourth-order valence-corrected chi connectivity index (χ4v) is 0.543. The molecule has 1 aliphatic heterocycles. The second kappa shape index (κ2) is 3.20. The Hall–Kier alpha value is -0.0500. The fourth-order valence-electron chi connectivity index (χ4n) is 0.465. The standard InChI is InChI=1S/C6H9ClO2/c1-5(7)2-8-3-6-4-9-6/h6H,1-4H2/t6-/m0/s1. The van der Waals surface area contributed by atoms with Gasteiger partial charge in [0.05, 0.1) is 19.8 Å². The van der Waals surface area contributed by atoms with Gasteiger partial charge in [0.2, 0.25) is 0 Å². The van der Waals surface area contributed by atoms with Crippen molar-refractivity contribution in [1.82, 2.24) is 0 Å². The van der Waals surface area contributed by atoms with Crippen LogP contribution < -0.4 is 0 Å². The Morgan fingerprint density at radius 2 is 2.56 bits per heavy atom. The normalized spacial score (nSPS) is 23.9. The first-order valence-electron chi connectivity index (χ1n) is 2.81. The fraction of sp³-hybridized carbons (Fsp3) is 0.667. The van der Waals surface area contributed by atoms with Gasteiger partial charge in [0.15, 0.2) is 0 Å². The topological polar surface area (TPSA) is 21.8 Å². The van der Waals surface area contributed by atoms with Crippen molar-refractivity contribution in [2.24, 2.45) is 0 Å². The Morgan fingerprint density at radius 1 is 1.89 bits per heavy atom. The van der Waals surface area contributed by atoms with E-state index >= 15 is 0 Å². The van der Waals surface area contributed by atoms with Crippen LogP contribution in [0.5, 0.6) is 0 Å². The lowest BCUT2D eigenvalue weighted by molar-refractivity contribution is 0.139. The van der Waals surface area contributed by atoms with E-state index in [1.54, 1.807) is 0 Å². The second-order valence-electron chi connectivity index (χ2n) is 1.99. The van der Waals surface area contributed by atoms with Gasteiger partial charge < -0.3 is 9.47 Å². The van der Waals surface area contributed by atoms with Gasteiger partial charge in [0.1, 0.15) is 6.10 Å². The third kappa shape index (κ3) is 3.51. The molecule has 1 atom stereocenters. The van der Waals surface area contributed by atoms with Crippen molar-refractivity contribution in [3.63, 3.8) is 0 Å². The molecule has 0 unspecified atom stereocenters. The molecular formula is C6H9ClO2. The molecule has 0 bridgehead atoms. The van der Waals surface area contributed by atoms with Gasteiger partial charge >= 0.3 is 0 Å². The minimum absolute atomic E-state index is 0.320. The van der Waals surface area contributed by atoms with Crippen LogP contribution in [0.1, 0.15) is 0 Å². The molecule has 0 aromatic heterocycles. The molecule has 0 radical (unpaired) electrons. The molecule has 0 aromatic rings. The highest BCUT2D eigenvalue weighted by Gasteiger charge is 2.21. The predicted molar refractivity (Wildman–Crippen MR) is 35.6 cm³/mol. The third-order valence-electron chi connectivity index (χ3n) is 0.965. The molecule has 0 spiro atoms. The summed E-state index contributed by atoms with van der Waals surface area (Å²) >= 11 is 5.42. The number of hydrogen-bond acceptors (Lipinski definition) is 2. The van der Waals surface area contributed by atoms with Crippen LogP contribution in [0.2, 0.25) is 0 Å². The van der Waals surface area contributed by atoms with Crippen LogP contribution in [0.25, 0.3) is 0 Å². The Bertz CT molecular complexity index is 110. The lowest BCUT2D eigenvalue weighted by Gasteiger charge is -1.96. The van der Waals surface area contributed by atoms with Crippen molar-refractivity contribution in [2.45, 2.75) is 6.10 Å². The Balaban J connectivity index is 1.86. The van der Waals surface area contributed by atoms with Gasteiger partial charge in [0.25, 0.3) is 0 Å². The Labute approximate surface area is 59.4 Å². The molecule has 1 rings (SSSR count).